The largest absolute Gasteiger partial charge is 0.322 e. The Labute approximate surface area is 165 Å². The van der Waals surface area contributed by atoms with Crippen LogP contribution in [0.15, 0.2) is 41.3 Å². The fraction of sp³-hybridized carbons (Fsp3) is 0.278. The van der Waals surface area contributed by atoms with Gasteiger partial charge in [0.15, 0.2) is 0 Å². The minimum Gasteiger partial charge on any atom is -0.322 e. The minimum atomic E-state index is -3.93. The summed E-state index contributed by atoms with van der Waals surface area (Å²) in [5, 5.41) is 2.75. The molecular weight excluding hydrogens is 470 g/mol. The molecule has 1 aliphatic rings. The zero-order valence-corrected chi connectivity index (χ0v) is 17.1. The predicted octanol–water partition coefficient (Wildman–Crippen LogP) is 3.78. The van der Waals surface area contributed by atoms with Crippen LogP contribution in [0, 0.1) is 16.3 Å². The van der Waals surface area contributed by atoms with Gasteiger partial charge in [-0.05, 0) is 84.3 Å². The molecule has 0 radical (unpaired) electrons. The van der Waals surface area contributed by atoms with Crippen LogP contribution in [0.5, 0.6) is 0 Å². The molecule has 0 spiro atoms. The Bertz CT molecular complexity index is 957. The number of nitrogens with one attached hydrogen (secondary N) is 1. The van der Waals surface area contributed by atoms with Crippen molar-refractivity contribution in [2.75, 3.05) is 18.4 Å². The molecule has 0 atom stereocenters. The first-order valence-corrected chi connectivity index (χ1v) is 10.7. The van der Waals surface area contributed by atoms with Gasteiger partial charge in [0.05, 0.1) is 0 Å². The van der Waals surface area contributed by atoms with Gasteiger partial charge in [-0.25, -0.2) is 12.8 Å². The number of hydrogen-bond donors (Lipinski definition) is 1. The maximum atomic E-state index is 14.2. The number of carbonyl (C=O) groups is 1. The fourth-order valence-electron chi connectivity index (χ4n) is 2.87. The van der Waals surface area contributed by atoms with Crippen molar-refractivity contribution in [2.45, 2.75) is 24.7 Å². The lowest BCUT2D eigenvalue weighted by atomic mass is 10.1. The van der Waals surface area contributed by atoms with Crippen LogP contribution in [0.4, 0.5) is 10.1 Å². The first-order valence-electron chi connectivity index (χ1n) is 8.16. The lowest BCUT2D eigenvalue weighted by molar-refractivity contribution is 0.102. The zero-order chi connectivity index (χ0) is 18.9. The number of anilines is 1. The molecule has 0 saturated carbocycles. The van der Waals surface area contributed by atoms with Crippen LogP contribution in [-0.4, -0.2) is 31.7 Å². The van der Waals surface area contributed by atoms with E-state index in [1.807, 2.05) is 19.1 Å². The molecule has 1 heterocycles. The van der Waals surface area contributed by atoms with Gasteiger partial charge < -0.3 is 5.32 Å². The molecule has 1 N–H and O–H groups in total. The summed E-state index contributed by atoms with van der Waals surface area (Å²) >= 11 is 2.18. The Hall–Kier alpha value is -1.52. The Morgan fingerprint density at radius 3 is 2.50 bits per heavy atom. The van der Waals surface area contributed by atoms with Crippen LogP contribution < -0.4 is 5.32 Å². The monoisotopic (exact) mass is 488 g/mol. The van der Waals surface area contributed by atoms with Gasteiger partial charge in [-0.3, -0.25) is 4.79 Å². The summed E-state index contributed by atoms with van der Waals surface area (Å²) in [6, 6.07) is 8.98. The summed E-state index contributed by atoms with van der Waals surface area (Å²) in [6.07, 6.45) is 1.51. The van der Waals surface area contributed by atoms with Crippen LogP contribution in [0.25, 0.3) is 0 Å². The number of hydrogen-bond acceptors (Lipinski definition) is 3. The smallest absolute Gasteiger partial charge is 0.255 e. The van der Waals surface area contributed by atoms with Crippen LogP contribution in [0.1, 0.15) is 28.8 Å². The number of aryl methyl sites for hydroxylation is 1. The van der Waals surface area contributed by atoms with E-state index in [-0.39, 0.29) is 5.56 Å². The highest BCUT2D eigenvalue weighted by Gasteiger charge is 2.30. The molecule has 2 aromatic rings. The molecule has 138 valence electrons. The van der Waals surface area contributed by atoms with Crippen LogP contribution in [0.3, 0.4) is 0 Å². The van der Waals surface area contributed by atoms with Gasteiger partial charge in [-0.1, -0.05) is 0 Å². The number of sulfonamides is 1. The Balaban J connectivity index is 1.90. The number of carbonyl (C=O) groups excluding carboxylic acids is 1. The molecule has 3 rings (SSSR count). The quantitative estimate of drug-likeness (QED) is 0.667. The van der Waals surface area contributed by atoms with Gasteiger partial charge >= 0.3 is 0 Å². The third-order valence-corrected chi connectivity index (χ3v) is 6.90. The molecule has 2 aromatic carbocycles. The van der Waals surface area contributed by atoms with Crippen molar-refractivity contribution >= 4 is 44.2 Å². The van der Waals surface area contributed by atoms with Crippen molar-refractivity contribution in [2.24, 2.45) is 0 Å². The summed E-state index contributed by atoms with van der Waals surface area (Å²) in [4.78, 5) is 12.1. The molecule has 0 unspecified atom stereocenters. The van der Waals surface area contributed by atoms with E-state index in [0.29, 0.717) is 18.8 Å². The van der Waals surface area contributed by atoms with Crippen LogP contribution >= 0.6 is 22.6 Å². The average molecular weight is 488 g/mol. The van der Waals surface area contributed by atoms with E-state index < -0.39 is 26.6 Å². The highest BCUT2D eigenvalue weighted by Crippen LogP contribution is 2.25. The maximum Gasteiger partial charge on any atom is 0.255 e. The Morgan fingerprint density at radius 2 is 1.85 bits per heavy atom. The highest BCUT2D eigenvalue weighted by atomic mass is 127. The molecule has 1 aliphatic heterocycles. The predicted molar refractivity (Wildman–Crippen MR) is 106 cm³/mol. The molecule has 1 fully saturated rings. The molecule has 5 nitrogen and oxygen atoms in total. The second kappa shape index (κ2) is 7.61. The summed E-state index contributed by atoms with van der Waals surface area (Å²) in [5.74, 6) is -1.33. The second-order valence-corrected chi connectivity index (χ2v) is 9.32. The van der Waals surface area contributed by atoms with E-state index in [4.69, 9.17) is 0 Å². The van der Waals surface area contributed by atoms with Gasteiger partial charge in [0, 0.05) is 27.9 Å². The van der Waals surface area contributed by atoms with E-state index in [0.717, 1.165) is 34.1 Å². The van der Waals surface area contributed by atoms with Gasteiger partial charge in [-0.2, -0.15) is 4.31 Å². The third-order valence-electron chi connectivity index (χ3n) is 4.31. The van der Waals surface area contributed by atoms with Crippen molar-refractivity contribution in [1.82, 2.24) is 4.31 Å². The number of rotatable bonds is 4. The van der Waals surface area contributed by atoms with Gasteiger partial charge in [0.25, 0.3) is 5.91 Å². The first-order chi connectivity index (χ1) is 12.3. The standard InChI is InChI=1S/C18H18FIN2O3S/c1-12-10-14(20)5-7-16(12)21-18(23)13-4-6-15(19)17(11-13)26(24,25)22-8-2-3-9-22/h4-7,10-11H,2-3,8-9H2,1H3,(H,21,23). The Kier molecular flexibility index (Phi) is 5.64. The first kappa shape index (κ1) is 19.2. The molecule has 1 saturated heterocycles. The fourth-order valence-corrected chi connectivity index (χ4v) is 5.13. The number of halogens is 2. The average Bonchev–Trinajstić information content (AvgIpc) is 3.13. The van der Waals surface area contributed by atoms with E-state index in [1.54, 1.807) is 6.07 Å². The van der Waals surface area contributed by atoms with Crippen molar-refractivity contribution in [3.63, 3.8) is 0 Å². The Morgan fingerprint density at radius 1 is 1.15 bits per heavy atom. The molecule has 0 aliphatic carbocycles. The second-order valence-electron chi connectivity index (χ2n) is 6.17. The van der Waals surface area contributed by atoms with Gasteiger partial charge in [-0.15, -0.1) is 0 Å². The van der Waals surface area contributed by atoms with Crippen LogP contribution in [-0.2, 0) is 10.0 Å². The molecule has 0 aromatic heterocycles. The SMILES string of the molecule is Cc1cc(I)ccc1NC(=O)c1ccc(F)c(S(=O)(=O)N2CCCC2)c1. The normalized spacial score (nSPS) is 15.2. The van der Waals surface area contributed by atoms with E-state index in [2.05, 4.69) is 27.9 Å². The summed E-state index contributed by atoms with van der Waals surface area (Å²) in [5.41, 5.74) is 1.61. The lowest BCUT2D eigenvalue weighted by Crippen LogP contribution is -2.29. The summed E-state index contributed by atoms with van der Waals surface area (Å²) < 4.78 is 41.7. The van der Waals surface area contributed by atoms with Gasteiger partial charge in [0.2, 0.25) is 10.0 Å². The topological polar surface area (TPSA) is 66.5 Å². The van der Waals surface area contributed by atoms with E-state index >= 15 is 0 Å². The molecule has 26 heavy (non-hydrogen) atoms. The van der Waals surface area contributed by atoms with Crippen molar-refractivity contribution in [3.05, 3.63) is 56.9 Å². The van der Waals surface area contributed by atoms with Crippen molar-refractivity contribution in [3.8, 4) is 0 Å². The van der Waals surface area contributed by atoms with Gasteiger partial charge in [0.1, 0.15) is 10.7 Å². The summed E-state index contributed by atoms with van der Waals surface area (Å²) in [6.45, 7) is 2.62. The molecular formula is C18H18FIN2O3S. The lowest BCUT2D eigenvalue weighted by Gasteiger charge is -2.16. The van der Waals surface area contributed by atoms with Crippen LogP contribution in [0.2, 0.25) is 0 Å². The number of amides is 1. The summed E-state index contributed by atoms with van der Waals surface area (Å²) in [7, 11) is -3.93. The van der Waals surface area contributed by atoms with E-state index in [1.165, 1.54) is 10.4 Å². The highest BCUT2D eigenvalue weighted by molar-refractivity contribution is 14.1. The van der Waals surface area contributed by atoms with Crippen molar-refractivity contribution < 1.29 is 17.6 Å². The molecule has 8 heteroatoms. The van der Waals surface area contributed by atoms with Crippen molar-refractivity contribution in [1.29, 1.82) is 0 Å². The number of benzene rings is 2. The third kappa shape index (κ3) is 3.91. The number of nitrogens with zero attached hydrogens (tertiary/aromatic N) is 1. The molecule has 0 bridgehead atoms. The van der Waals surface area contributed by atoms with E-state index in [9.17, 15) is 17.6 Å². The zero-order valence-electron chi connectivity index (χ0n) is 14.1. The molecule has 1 amide bonds. The maximum absolute atomic E-state index is 14.2. The minimum absolute atomic E-state index is 0.0992.